The van der Waals surface area contributed by atoms with Crippen LogP contribution in [0.25, 0.3) is 0 Å². The van der Waals surface area contributed by atoms with Crippen molar-refractivity contribution in [2.24, 2.45) is 5.92 Å². The Morgan fingerprint density at radius 3 is 2.56 bits per heavy atom. The Hall–Kier alpha value is -1.53. The first kappa shape index (κ1) is 20.2. The lowest BCUT2D eigenvalue weighted by Crippen LogP contribution is -2.60. The molecule has 0 unspecified atom stereocenters. The van der Waals surface area contributed by atoms with Crippen molar-refractivity contribution in [1.29, 1.82) is 0 Å². The van der Waals surface area contributed by atoms with E-state index in [0.29, 0.717) is 11.1 Å². The van der Waals surface area contributed by atoms with Gasteiger partial charge >= 0.3 is 5.97 Å². The molecule has 3 rings (SSSR count). The molecule has 2 aliphatic heterocycles. The number of fused-ring (bicyclic) bond motifs is 1. The summed E-state index contributed by atoms with van der Waals surface area (Å²) in [6.45, 7) is 1.08. The number of carbonyl (C=O) groups excluding carboxylic acids is 1. The van der Waals surface area contributed by atoms with Crippen LogP contribution >= 0.6 is 0 Å². The van der Waals surface area contributed by atoms with Crippen LogP contribution in [-0.2, 0) is 23.7 Å². The predicted octanol–water partition coefficient (Wildman–Crippen LogP) is -2.09. The molecule has 0 saturated carbocycles. The molecule has 0 radical (unpaired) electrons. The molecule has 0 aromatic rings. The van der Waals surface area contributed by atoms with Gasteiger partial charge in [0.05, 0.1) is 31.7 Å². The molecule has 152 valence electrons. The van der Waals surface area contributed by atoms with Crippen LogP contribution in [0.5, 0.6) is 0 Å². The van der Waals surface area contributed by atoms with Gasteiger partial charge in [-0.2, -0.15) is 0 Å². The first-order chi connectivity index (χ1) is 12.8. The normalized spacial score (nSPS) is 41.7. The Kier molecular flexibility index (Phi) is 5.87. The molecule has 1 saturated heterocycles. The highest BCUT2D eigenvalue weighted by Crippen LogP contribution is 2.43. The zero-order valence-corrected chi connectivity index (χ0v) is 14.9. The molecule has 0 bridgehead atoms. The lowest BCUT2D eigenvalue weighted by Gasteiger charge is -2.41. The number of hydrogen-bond acceptors (Lipinski definition) is 10. The number of rotatable bonds is 4. The highest BCUT2D eigenvalue weighted by molar-refractivity contribution is 5.90. The van der Waals surface area contributed by atoms with Gasteiger partial charge in [0.1, 0.15) is 24.4 Å². The average Bonchev–Trinajstić information content (AvgIpc) is 2.96. The average molecular weight is 388 g/mol. The summed E-state index contributed by atoms with van der Waals surface area (Å²) in [5.74, 6) is -1.08. The maximum Gasteiger partial charge on any atom is 0.337 e. The highest BCUT2D eigenvalue weighted by Gasteiger charge is 2.48. The van der Waals surface area contributed by atoms with Crippen molar-refractivity contribution < 1.29 is 49.3 Å². The lowest BCUT2D eigenvalue weighted by atomic mass is 9.90. The number of carbonyl (C=O) groups is 1. The molecule has 0 aromatic carbocycles. The van der Waals surface area contributed by atoms with Crippen LogP contribution in [-0.4, -0.2) is 88.3 Å². The smallest absolute Gasteiger partial charge is 0.337 e. The summed E-state index contributed by atoms with van der Waals surface area (Å²) in [7, 11) is 1.24. The van der Waals surface area contributed by atoms with E-state index in [4.69, 9.17) is 18.9 Å². The fourth-order valence-electron chi connectivity index (χ4n) is 3.64. The van der Waals surface area contributed by atoms with Gasteiger partial charge in [0.2, 0.25) is 6.29 Å². The molecule has 2 heterocycles. The summed E-state index contributed by atoms with van der Waals surface area (Å²) in [6.07, 6.45) is -7.70. The van der Waals surface area contributed by atoms with E-state index in [1.165, 1.54) is 13.4 Å². The number of hydrogen-bond donors (Lipinski definition) is 5. The van der Waals surface area contributed by atoms with Crippen molar-refractivity contribution in [1.82, 2.24) is 0 Å². The summed E-state index contributed by atoms with van der Waals surface area (Å²) in [6, 6.07) is 0. The van der Waals surface area contributed by atoms with E-state index in [1.54, 1.807) is 6.92 Å². The Morgan fingerprint density at radius 1 is 1.22 bits per heavy atom. The largest absolute Gasteiger partial charge is 0.468 e. The maximum absolute atomic E-state index is 12.0. The quantitative estimate of drug-likeness (QED) is 0.267. The van der Waals surface area contributed by atoms with E-state index >= 15 is 0 Å². The number of aliphatic hydroxyl groups excluding tert-OH is 5. The molecule has 27 heavy (non-hydrogen) atoms. The molecular weight excluding hydrogens is 364 g/mol. The molecule has 0 aromatic heterocycles. The van der Waals surface area contributed by atoms with Crippen LogP contribution < -0.4 is 0 Å². The van der Waals surface area contributed by atoms with Gasteiger partial charge in [-0.15, -0.1) is 0 Å². The first-order valence-electron chi connectivity index (χ1n) is 8.58. The predicted molar refractivity (Wildman–Crippen MR) is 86.6 cm³/mol. The number of esters is 1. The van der Waals surface area contributed by atoms with E-state index in [2.05, 4.69) is 0 Å². The van der Waals surface area contributed by atoms with E-state index in [0.717, 1.165) is 0 Å². The molecule has 0 spiro atoms. The minimum Gasteiger partial charge on any atom is -0.468 e. The topological polar surface area (TPSA) is 155 Å². The number of aliphatic hydroxyl groups is 5. The lowest BCUT2D eigenvalue weighted by molar-refractivity contribution is -0.327. The second kappa shape index (κ2) is 7.84. The molecule has 1 aliphatic carbocycles. The summed E-state index contributed by atoms with van der Waals surface area (Å²) in [4.78, 5) is 12.0. The SMILES string of the molecule is COC(=O)C1=CO[C@@H](O[C@@H]2O[C@H](CO)[C@@H](O)[C@H](O)[C@H]2O)C2=C(C)[C@@H](O)C[C@H]12. The summed E-state index contributed by atoms with van der Waals surface area (Å²) in [5, 5.41) is 49.3. The van der Waals surface area contributed by atoms with Gasteiger partial charge in [0, 0.05) is 11.5 Å². The second-order valence-corrected chi connectivity index (χ2v) is 6.81. The zero-order valence-electron chi connectivity index (χ0n) is 14.9. The molecule has 5 N–H and O–H groups in total. The first-order valence-corrected chi connectivity index (χ1v) is 8.58. The van der Waals surface area contributed by atoms with Gasteiger partial charge in [-0.1, -0.05) is 0 Å². The maximum atomic E-state index is 12.0. The van der Waals surface area contributed by atoms with Crippen molar-refractivity contribution in [3.05, 3.63) is 23.0 Å². The number of methoxy groups -OCH3 is 1. The van der Waals surface area contributed by atoms with Crippen molar-refractivity contribution >= 4 is 5.97 Å². The van der Waals surface area contributed by atoms with Crippen molar-refractivity contribution in [2.45, 2.75) is 56.4 Å². The third-order valence-electron chi connectivity index (χ3n) is 5.26. The van der Waals surface area contributed by atoms with Crippen molar-refractivity contribution in [2.75, 3.05) is 13.7 Å². The fourth-order valence-corrected chi connectivity index (χ4v) is 3.64. The van der Waals surface area contributed by atoms with Crippen LogP contribution in [0.15, 0.2) is 23.0 Å². The summed E-state index contributed by atoms with van der Waals surface area (Å²) < 4.78 is 21.2. The molecule has 0 amide bonds. The standard InChI is InChI=1S/C17H24O10/c1-6-9(19)3-7-8(15(23)24-2)5-25-16(11(6)7)27-17-14(22)13(21)12(20)10(4-18)26-17/h5,7,9-10,12-14,16-22H,3-4H2,1-2H3/t7-,9+,10-,12-,13+,14-,16+,17+/m1/s1. The van der Waals surface area contributed by atoms with Crippen LogP contribution in [0, 0.1) is 5.92 Å². The highest BCUT2D eigenvalue weighted by atomic mass is 16.8. The van der Waals surface area contributed by atoms with Crippen LogP contribution in [0.2, 0.25) is 0 Å². The van der Waals surface area contributed by atoms with E-state index in [9.17, 15) is 30.3 Å². The Balaban J connectivity index is 1.84. The molecule has 1 fully saturated rings. The van der Waals surface area contributed by atoms with Gasteiger partial charge in [0.15, 0.2) is 6.29 Å². The molecule has 3 aliphatic rings. The third-order valence-corrected chi connectivity index (χ3v) is 5.26. The van der Waals surface area contributed by atoms with Crippen LogP contribution in [0.3, 0.4) is 0 Å². The fraction of sp³-hybridized carbons (Fsp3) is 0.706. The second-order valence-electron chi connectivity index (χ2n) is 6.81. The van der Waals surface area contributed by atoms with E-state index < -0.39 is 61.6 Å². The van der Waals surface area contributed by atoms with E-state index in [-0.39, 0.29) is 12.0 Å². The van der Waals surface area contributed by atoms with Gasteiger partial charge in [-0.05, 0) is 18.9 Å². The summed E-state index contributed by atoms with van der Waals surface area (Å²) in [5.41, 5.74) is 1.29. The van der Waals surface area contributed by atoms with Gasteiger partial charge in [0.25, 0.3) is 0 Å². The third kappa shape index (κ3) is 3.49. The van der Waals surface area contributed by atoms with Crippen molar-refractivity contribution in [3.8, 4) is 0 Å². The number of ether oxygens (including phenoxy) is 4. The van der Waals surface area contributed by atoms with E-state index in [1.807, 2.05) is 0 Å². The van der Waals surface area contributed by atoms with Gasteiger partial charge < -0.3 is 44.5 Å². The Morgan fingerprint density at radius 2 is 1.93 bits per heavy atom. The molecular formula is C17H24O10. The Bertz CT molecular complexity index is 642. The summed E-state index contributed by atoms with van der Waals surface area (Å²) >= 11 is 0. The van der Waals surface area contributed by atoms with Gasteiger partial charge in [-0.3, -0.25) is 0 Å². The van der Waals surface area contributed by atoms with Gasteiger partial charge in [-0.25, -0.2) is 4.79 Å². The Labute approximate surface area is 155 Å². The van der Waals surface area contributed by atoms with Crippen LogP contribution in [0.4, 0.5) is 0 Å². The molecule has 10 nitrogen and oxygen atoms in total. The monoisotopic (exact) mass is 388 g/mol. The van der Waals surface area contributed by atoms with Crippen LogP contribution in [0.1, 0.15) is 13.3 Å². The minimum absolute atomic E-state index is 0.233. The molecule has 10 heteroatoms. The minimum atomic E-state index is -1.59. The van der Waals surface area contributed by atoms with Crippen molar-refractivity contribution in [3.63, 3.8) is 0 Å². The molecule has 8 atom stereocenters. The zero-order chi connectivity index (χ0) is 19.9.